The highest BCUT2D eigenvalue weighted by Crippen LogP contribution is 2.39. The Hall–Kier alpha value is -5.69. The highest BCUT2D eigenvalue weighted by atomic mass is 16.7. The van der Waals surface area contributed by atoms with Crippen LogP contribution in [-0.4, -0.2) is 69.7 Å². The number of alkyl carbamates (subject to hydrolysis) is 1. The zero-order chi connectivity index (χ0) is 40.6. The maximum absolute atomic E-state index is 13.4. The second kappa shape index (κ2) is 18.7. The van der Waals surface area contributed by atoms with Gasteiger partial charge < -0.3 is 29.7 Å². The summed E-state index contributed by atoms with van der Waals surface area (Å²) >= 11 is 0. The van der Waals surface area contributed by atoms with Crippen LogP contribution in [0.25, 0.3) is 11.1 Å². The molecule has 3 N–H and O–H groups in total. The quantitative estimate of drug-likeness (QED) is 0.102. The summed E-state index contributed by atoms with van der Waals surface area (Å²) in [6, 6.07) is 40.9. The zero-order valence-electron chi connectivity index (χ0n) is 32.6. The molecule has 0 radical (unpaired) electrons. The van der Waals surface area contributed by atoms with E-state index in [1.807, 2.05) is 147 Å². The second-order valence-electron chi connectivity index (χ2n) is 14.9. The number of aliphatic hydroxyl groups excluding tert-OH is 2. The summed E-state index contributed by atoms with van der Waals surface area (Å²) in [4.78, 5) is 42.2. The maximum Gasteiger partial charge on any atom is 0.408 e. The van der Waals surface area contributed by atoms with Gasteiger partial charge in [-0.1, -0.05) is 133 Å². The third kappa shape index (κ3) is 9.70. The lowest BCUT2D eigenvalue weighted by Crippen LogP contribution is -2.43. The summed E-state index contributed by atoms with van der Waals surface area (Å²) in [5.41, 5.74) is 6.79. The Balaban J connectivity index is 1.04. The van der Waals surface area contributed by atoms with Crippen LogP contribution in [0, 0.1) is 0 Å². The molecule has 1 unspecified atom stereocenters. The zero-order valence-corrected chi connectivity index (χ0v) is 32.6. The van der Waals surface area contributed by atoms with E-state index in [0.717, 1.165) is 44.5 Å². The van der Waals surface area contributed by atoms with E-state index < -0.39 is 30.4 Å². The number of rotatable bonds is 14. The predicted molar refractivity (Wildman–Crippen MR) is 218 cm³/mol. The smallest absolute Gasteiger partial charge is 0.408 e. The van der Waals surface area contributed by atoms with Crippen LogP contribution >= 0.6 is 0 Å². The summed E-state index contributed by atoms with van der Waals surface area (Å²) in [5, 5.41) is 23.3. The van der Waals surface area contributed by atoms with E-state index in [-0.39, 0.29) is 50.3 Å². The normalized spacial score (nSPS) is 20.5. The molecule has 6 atom stereocenters. The molecule has 7 rings (SSSR count). The van der Waals surface area contributed by atoms with Gasteiger partial charge in [-0.3, -0.25) is 19.4 Å². The van der Waals surface area contributed by atoms with Gasteiger partial charge in [-0.05, 0) is 52.9 Å². The SMILES string of the molecule is C[C@H]([C@@H](O)c1ccccc1)N(C)C[C@H]1C[C@@H](c2ccc(CO)cc2)O[C@@H](c2ccc(-c3ccccc3CN3C(=O)CC(NC(=O)OCc4ccccc4)C3=O)cc2)O1. The summed E-state index contributed by atoms with van der Waals surface area (Å²) < 4.78 is 18.5. The van der Waals surface area contributed by atoms with Gasteiger partial charge in [0.1, 0.15) is 12.6 Å². The van der Waals surface area contributed by atoms with Crippen LogP contribution in [-0.2, 0) is 43.6 Å². The number of hydrogen-bond acceptors (Lipinski definition) is 9. The van der Waals surface area contributed by atoms with Crippen LogP contribution < -0.4 is 5.32 Å². The van der Waals surface area contributed by atoms with Gasteiger partial charge in [0, 0.05) is 24.6 Å². The van der Waals surface area contributed by atoms with Crippen LogP contribution in [0.3, 0.4) is 0 Å². The van der Waals surface area contributed by atoms with E-state index in [2.05, 4.69) is 10.2 Å². The van der Waals surface area contributed by atoms with Gasteiger partial charge in [0.15, 0.2) is 6.29 Å². The van der Waals surface area contributed by atoms with Crippen LogP contribution in [0.2, 0.25) is 0 Å². The average molecular weight is 784 g/mol. The second-order valence-corrected chi connectivity index (χ2v) is 14.9. The lowest BCUT2D eigenvalue weighted by molar-refractivity contribution is -0.253. The molecule has 0 aliphatic carbocycles. The molecule has 0 aromatic heterocycles. The Morgan fingerprint density at radius 3 is 2.21 bits per heavy atom. The van der Waals surface area contributed by atoms with Crippen molar-refractivity contribution in [3.05, 3.63) is 167 Å². The molecule has 2 aliphatic rings. The minimum absolute atomic E-state index is 0.0452. The largest absolute Gasteiger partial charge is 0.445 e. The first-order chi connectivity index (χ1) is 28.2. The molecule has 5 aromatic carbocycles. The number of imide groups is 1. The van der Waals surface area contributed by atoms with Crippen molar-refractivity contribution < 1.29 is 38.8 Å². The van der Waals surface area contributed by atoms with E-state index in [0.29, 0.717) is 13.0 Å². The molecule has 0 bridgehead atoms. The molecule has 58 heavy (non-hydrogen) atoms. The third-order valence-corrected chi connectivity index (χ3v) is 11.0. The topological polar surface area (TPSA) is 138 Å². The Kier molecular flexibility index (Phi) is 13.1. The van der Waals surface area contributed by atoms with Crippen molar-refractivity contribution >= 4 is 17.9 Å². The minimum atomic E-state index is -1.00. The predicted octanol–water partition coefficient (Wildman–Crippen LogP) is 7.00. The molecule has 2 heterocycles. The molecule has 5 aromatic rings. The molecule has 11 nitrogen and oxygen atoms in total. The summed E-state index contributed by atoms with van der Waals surface area (Å²) in [6.07, 6.45) is -2.17. The minimum Gasteiger partial charge on any atom is -0.445 e. The van der Waals surface area contributed by atoms with E-state index in [9.17, 15) is 24.6 Å². The number of benzene rings is 5. The van der Waals surface area contributed by atoms with Crippen molar-refractivity contribution in [1.82, 2.24) is 15.1 Å². The lowest BCUT2D eigenvalue weighted by Gasteiger charge is -2.39. The summed E-state index contributed by atoms with van der Waals surface area (Å²) in [7, 11) is 1.99. The van der Waals surface area contributed by atoms with E-state index in [1.54, 1.807) is 0 Å². The molecular formula is C47H49N3O8. The van der Waals surface area contributed by atoms with Crippen molar-refractivity contribution in [2.24, 2.45) is 0 Å². The van der Waals surface area contributed by atoms with Gasteiger partial charge >= 0.3 is 6.09 Å². The van der Waals surface area contributed by atoms with Gasteiger partial charge in [-0.15, -0.1) is 0 Å². The maximum atomic E-state index is 13.4. The first-order valence-corrected chi connectivity index (χ1v) is 19.6. The number of hydrogen-bond donors (Lipinski definition) is 3. The average Bonchev–Trinajstić information content (AvgIpc) is 3.52. The van der Waals surface area contributed by atoms with Crippen LogP contribution in [0.5, 0.6) is 0 Å². The fourth-order valence-corrected chi connectivity index (χ4v) is 7.49. The lowest BCUT2D eigenvalue weighted by atomic mass is 9.97. The number of ether oxygens (including phenoxy) is 3. The molecule has 2 aliphatic heterocycles. The number of likely N-dealkylation sites (N-methyl/N-ethyl adjacent to an activating group) is 1. The van der Waals surface area contributed by atoms with E-state index in [1.165, 1.54) is 4.90 Å². The third-order valence-electron chi connectivity index (χ3n) is 11.0. The summed E-state index contributed by atoms with van der Waals surface area (Å²) in [6.45, 7) is 2.61. The number of carbonyl (C=O) groups is 3. The summed E-state index contributed by atoms with van der Waals surface area (Å²) in [5.74, 6) is -0.858. The fraction of sp³-hybridized carbons (Fsp3) is 0.298. The molecule has 11 heteroatoms. The number of nitrogens with zero attached hydrogens (tertiary/aromatic N) is 2. The number of amides is 3. The molecule has 300 valence electrons. The number of carbonyl (C=O) groups excluding carboxylic acids is 3. The highest BCUT2D eigenvalue weighted by Gasteiger charge is 2.40. The van der Waals surface area contributed by atoms with Crippen molar-refractivity contribution in [3.63, 3.8) is 0 Å². The van der Waals surface area contributed by atoms with Gasteiger partial charge in [-0.2, -0.15) is 0 Å². The molecular weight excluding hydrogens is 735 g/mol. The van der Waals surface area contributed by atoms with Crippen LogP contribution in [0.4, 0.5) is 4.79 Å². The molecule has 0 spiro atoms. The van der Waals surface area contributed by atoms with Crippen molar-refractivity contribution in [2.75, 3.05) is 13.6 Å². The van der Waals surface area contributed by atoms with E-state index >= 15 is 0 Å². The fourth-order valence-electron chi connectivity index (χ4n) is 7.49. The van der Waals surface area contributed by atoms with Gasteiger partial charge in [-0.25, -0.2) is 4.79 Å². The van der Waals surface area contributed by atoms with Crippen molar-refractivity contribution in [2.45, 2.75) is 76.2 Å². The molecule has 3 amide bonds. The Morgan fingerprint density at radius 2 is 1.50 bits per heavy atom. The molecule has 0 saturated carbocycles. The standard InChI is InChI=1S/C47H49N3O8/c1-31(44(53)36-13-7-4-8-14-36)49(2)28-39-25-42(35-19-17-32(29-51)18-20-35)58-46(57-39)37-23-21-34(22-24-37)40-16-10-9-15-38(40)27-50-43(52)26-41(45(50)54)48-47(55)56-30-33-11-5-3-6-12-33/h3-24,31,39,41-42,44,46,51,53H,25-30H2,1-2H3,(H,48,55)/t31-,39-,41?,42+,44-,46+/m1/s1. The number of nitrogens with one attached hydrogen (secondary N) is 1. The first kappa shape index (κ1) is 40.5. The number of likely N-dealkylation sites (tertiary alicyclic amines) is 1. The Bertz CT molecular complexity index is 2150. The van der Waals surface area contributed by atoms with Crippen molar-refractivity contribution in [3.8, 4) is 11.1 Å². The van der Waals surface area contributed by atoms with Crippen LogP contribution in [0.1, 0.15) is 71.6 Å². The number of aliphatic hydroxyl groups is 2. The van der Waals surface area contributed by atoms with Gasteiger partial charge in [0.2, 0.25) is 5.91 Å². The van der Waals surface area contributed by atoms with Gasteiger partial charge in [0.25, 0.3) is 5.91 Å². The van der Waals surface area contributed by atoms with Gasteiger partial charge in [0.05, 0.1) is 37.9 Å². The monoisotopic (exact) mass is 783 g/mol. The first-order valence-electron chi connectivity index (χ1n) is 19.6. The Morgan fingerprint density at radius 1 is 0.845 bits per heavy atom. The molecule has 2 fully saturated rings. The Labute approximate surface area is 338 Å². The highest BCUT2D eigenvalue weighted by molar-refractivity contribution is 6.06. The van der Waals surface area contributed by atoms with Crippen LogP contribution in [0.15, 0.2) is 133 Å². The van der Waals surface area contributed by atoms with E-state index in [4.69, 9.17) is 14.2 Å². The molecule has 2 saturated heterocycles. The van der Waals surface area contributed by atoms with Crippen molar-refractivity contribution in [1.29, 1.82) is 0 Å².